The van der Waals surface area contributed by atoms with Crippen LogP contribution in [-0.2, 0) is 14.3 Å². The number of rotatable bonds is 7. The Morgan fingerprint density at radius 1 is 1.15 bits per heavy atom. The molecule has 0 unspecified atom stereocenters. The average molecular weight is 358 g/mol. The molecule has 7 nitrogen and oxygen atoms in total. The quantitative estimate of drug-likeness (QED) is 0.738. The van der Waals surface area contributed by atoms with Gasteiger partial charge in [-0.05, 0) is 56.2 Å². The van der Waals surface area contributed by atoms with Crippen molar-refractivity contribution in [2.45, 2.75) is 26.8 Å². The highest BCUT2D eigenvalue weighted by molar-refractivity contribution is 5.96. The third-order valence-corrected chi connectivity index (χ3v) is 3.87. The van der Waals surface area contributed by atoms with Gasteiger partial charge >= 0.3 is 5.97 Å². The van der Waals surface area contributed by atoms with Crippen molar-refractivity contribution < 1.29 is 23.5 Å². The molecule has 0 saturated heterocycles. The second-order valence-corrected chi connectivity index (χ2v) is 5.95. The minimum Gasteiger partial charge on any atom is -0.467 e. The van der Waals surface area contributed by atoms with Crippen LogP contribution in [0.15, 0.2) is 41.0 Å². The fourth-order valence-corrected chi connectivity index (χ4v) is 2.23. The molecule has 0 spiro atoms. The first-order valence-corrected chi connectivity index (χ1v) is 8.20. The van der Waals surface area contributed by atoms with E-state index in [4.69, 9.17) is 9.15 Å². The van der Waals surface area contributed by atoms with Crippen LogP contribution in [0.25, 0.3) is 0 Å². The minimum atomic E-state index is -0.692. The summed E-state index contributed by atoms with van der Waals surface area (Å²) in [6, 6.07) is 8.40. The Morgan fingerprint density at radius 2 is 1.92 bits per heavy atom. The molecule has 26 heavy (non-hydrogen) atoms. The first kappa shape index (κ1) is 19.2. The summed E-state index contributed by atoms with van der Waals surface area (Å²) in [6.45, 7) is 4.87. The molecule has 0 aliphatic carbocycles. The van der Waals surface area contributed by atoms with Crippen molar-refractivity contribution in [1.82, 2.24) is 10.6 Å². The Bertz CT molecular complexity index is 783. The summed E-state index contributed by atoms with van der Waals surface area (Å²) in [6.07, 6.45) is 1.51. The molecule has 2 amide bonds. The standard InChI is InChI=1S/C19H22N2O5/c1-12-6-7-15(9-13(12)2)19(24)20-10-18(23)26-11-17(22)21-14(3)16-5-4-8-25-16/h4-9,14H,10-11H2,1-3H3,(H,20,24)(H,21,22)/t14-/m0/s1. The second kappa shape index (κ2) is 8.84. The molecule has 138 valence electrons. The van der Waals surface area contributed by atoms with Gasteiger partial charge in [0.15, 0.2) is 6.61 Å². The van der Waals surface area contributed by atoms with Crippen LogP contribution in [-0.4, -0.2) is 30.9 Å². The van der Waals surface area contributed by atoms with Crippen LogP contribution in [0.3, 0.4) is 0 Å². The van der Waals surface area contributed by atoms with E-state index in [1.54, 1.807) is 31.2 Å². The van der Waals surface area contributed by atoms with Crippen LogP contribution in [0.4, 0.5) is 0 Å². The van der Waals surface area contributed by atoms with Gasteiger partial charge in [0, 0.05) is 5.56 Å². The lowest BCUT2D eigenvalue weighted by molar-refractivity contribution is -0.147. The highest BCUT2D eigenvalue weighted by atomic mass is 16.5. The number of carbonyl (C=O) groups is 3. The number of ether oxygens (including phenoxy) is 1. The number of esters is 1. The number of hydrogen-bond donors (Lipinski definition) is 2. The molecule has 2 N–H and O–H groups in total. The smallest absolute Gasteiger partial charge is 0.325 e. The number of benzene rings is 1. The molecule has 0 aliphatic heterocycles. The zero-order valence-corrected chi connectivity index (χ0v) is 15.0. The van der Waals surface area contributed by atoms with Crippen molar-refractivity contribution in [2.24, 2.45) is 0 Å². The normalized spacial score (nSPS) is 11.5. The first-order valence-electron chi connectivity index (χ1n) is 8.20. The Kier molecular flexibility index (Phi) is 6.54. The molecule has 1 aromatic heterocycles. The first-order chi connectivity index (χ1) is 12.4. The summed E-state index contributed by atoms with van der Waals surface area (Å²) in [5.74, 6) is -0.919. The topological polar surface area (TPSA) is 97.6 Å². The molecule has 7 heteroatoms. The van der Waals surface area contributed by atoms with Crippen LogP contribution in [0, 0.1) is 13.8 Å². The SMILES string of the molecule is Cc1ccc(C(=O)NCC(=O)OCC(=O)N[C@@H](C)c2ccco2)cc1C. The van der Waals surface area contributed by atoms with Crippen molar-refractivity contribution in [1.29, 1.82) is 0 Å². The van der Waals surface area contributed by atoms with E-state index in [-0.39, 0.29) is 18.5 Å². The van der Waals surface area contributed by atoms with Crippen molar-refractivity contribution in [3.05, 3.63) is 59.0 Å². The van der Waals surface area contributed by atoms with Crippen molar-refractivity contribution in [3.63, 3.8) is 0 Å². The molecule has 0 aliphatic rings. The van der Waals surface area contributed by atoms with Crippen LogP contribution in [0.1, 0.15) is 40.2 Å². The number of amides is 2. The maximum absolute atomic E-state index is 12.0. The van der Waals surface area contributed by atoms with Gasteiger partial charge in [-0.3, -0.25) is 14.4 Å². The highest BCUT2D eigenvalue weighted by Crippen LogP contribution is 2.12. The number of nitrogens with one attached hydrogen (secondary N) is 2. The van der Waals surface area contributed by atoms with Crippen LogP contribution < -0.4 is 10.6 Å². The summed E-state index contributed by atoms with van der Waals surface area (Å²) >= 11 is 0. The molecule has 2 rings (SSSR count). The maximum Gasteiger partial charge on any atom is 0.325 e. The summed E-state index contributed by atoms with van der Waals surface area (Å²) in [4.78, 5) is 35.5. The number of hydrogen-bond acceptors (Lipinski definition) is 5. The van der Waals surface area contributed by atoms with Crippen molar-refractivity contribution >= 4 is 17.8 Å². The Balaban J connectivity index is 1.72. The van der Waals surface area contributed by atoms with Crippen LogP contribution in [0.5, 0.6) is 0 Å². The molecular formula is C19H22N2O5. The Hall–Kier alpha value is -3.09. The number of aryl methyl sites for hydroxylation is 2. The zero-order chi connectivity index (χ0) is 19.1. The van der Waals surface area contributed by atoms with Gasteiger partial charge in [-0.25, -0.2) is 0 Å². The lowest BCUT2D eigenvalue weighted by Gasteiger charge is -2.12. The molecule has 2 aromatic rings. The predicted octanol–water partition coefficient (Wildman–Crippen LogP) is 2.05. The summed E-state index contributed by atoms with van der Waals surface area (Å²) < 4.78 is 10.0. The third-order valence-electron chi connectivity index (χ3n) is 3.87. The molecule has 0 fully saturated rings. The van der Waals surface area contributed by atoms with E-state index in [9.17, 15) is 14.4 Å². The molecule has 1 atom stereocenters. The summed E-state index contributed by atoms with van der Waals surface area (Å²) in [5, 5.41) is 5.11. The zero-order valence-electron chi connectivity index (χ0n) is 15.0. The lowest BCUT2D eigenvalue weighted by Crippen LogP contribution is -2.34. The van der Waals surface area contributed by atoms with Crippen molar-refractivity contribution in [2.75, 3.05) is 13.2 Å². The molecular weight excluding hydrogens is 336 g/mol. The van der Waals surface area contributed by atoms with Gasteiger partial charge in [-0.2, -0.15) is 0 Å². The second-order valence-electron chi connectivity index (χ2n) is 5.95. The van der Waals surface area contributed by atoms with Crippen LogP contribution in [0.2, 0.25) is 0 Å². The lowest BCUT2D eigenvalue weighted by atomic mass is 10.1. The van der Waals surface area contributed by atoms with Gasteiger partial charge in [0.2, 0.25) is 0 Å². The van der Waals surface area contributed by atoms with E-state index >= 15 is 0 Å². The van der Waals surface area contributed by atoms with E-state index in [0.717, 1.165) is 11.1 Å². The maximum atomic E-state index is 12.0. The van der Waals surface area contributed by atoms with E-state index in [0.29, 0.717) is 11.3 Å². The van der Waals surface area contributed by atoms with Gasteiger partial charge in [-0.1, -0.05) is 6.07 Å². The largest absolute Gasteiger partial charge is 0.467 e. The molecule has 0 bridgehead atoms. The fraction of sp³-hybridized carbons (Fsp3) is 0.316. The number of carbonyl (C=O) groups excluding carboxylic acids is 3. The fourth-order valence-electron chi connectivity index (χ4n) is 2.23. The van der Waals surface area contributed by atoms with E-state index in [1.165, 1.54) is 6.26 Å². The van der Waals surface area contributed by atoms with Gasteiger partial charge in [0.25, 0.3) is 11.8 Å². The van der Waals surface area contributed by atoms with E-state index in [1.807, 2.05) is 19.9 Å². The van der Waals surface area contributed by atoms with E-state index < -0.39 is 18.5 Å². The predicted molar refractivity (Wildman–Crippen MR) is 94.5 cm³/mol. The van der Waals surface area contributed by atoms with Gasteiger partial charge in [0.1, 0.15) is 12.3 Å². The molecule has 1 aromatic carbocycles. The van der Waals surface area contributed by atoms with Gasteiger partial charge in [0.05, 0.1) is 12.3 Å². The third kappa shape index (κ3) is 5.47. The molecule has 0 radical (unpaired) electrons. The van der Waals surface area contributed by atoms with Gasteiger partial charge in [-0.15, -0.1) is 0 Å². The summed E-state index contributed by atoms with van der Waals surface area (Å²) in [5.41, 5.74) is 2.53. The van der Waals surface area contributed by atoms with E-state index in [2.05, 4.69) is 10.6 Å². The Morgan fingerprint density at radius 3 is 2.58 bits per heavy atom. The van der Waals surface area contributed by atoms with Crippen molar-refractivity contribution in [3.8, 4) is 0 Å². The highest BCUT2D eigenvalue weighted by Gasteiger charge is 2.14. The van der Waals surface area contributed by atoms with Gasteiger partial charge < -0.3 is 19.8 Å². The Labute approximate surface area is 151 Å². The summed E-state index contributed by atoms with van der Waals surface area (Å²) in [7, 11) is 0. The minimum absolute atomic E-state index is 0.313. The molecule has 1 heterocycles. The number of furan rings is 1. The van der Waals surface area contributed by atoms with Crippen LogP contribution >= 0.6 is 0 Å². The average Bonchev–Trinajstić information content (AvgIpc) is 3.15. The monoisotopic (exact) mass is 358 g/mol. The molecule has 0 saturated carbocycles.